The van der Waals surface area contributed by atoms with E-state index in [1.54, 1.807) is 11.8 Å². The number of likely N-dealkylation sites (tertiary alicyclic amines) is 1. The number of nitrogens with zero attached hydrogens (tertiary/aromatic N) is 2. The molecule has 0 bridgehead atoms. The van der Waals surface area contributed by atoms with Gasteiger partial charge in [-0.1, -0.05) is 6.92 Å². The van der Waals surface area contributed by atoms with Gasteiger partial charge < -0.3 is 15.0 Å². The second kappa shape index (κ2) is 5.91. The van der Waals surface area contributed by atoms with Crippen molar-refractivity contribution in [1.29, 1.82) is 5.26 Å². The van der Waals surface area contributed by atoms with Gasteiger partial charge >= 0.3 is 12.0 Å². The summed E-state index contributed by atoms with van der Waals surface area (Å²) in [5, 5.41) is 11.4. The van der Waals surface area contributed by atoms with Gasteiger partial charge in [0.2, 0.25) is 0 Å². The zero-order chi connectivity index (χ0) is 14.6. The van der Waals surface area contributed by atoms with Crippen LogP contribution in [-0.4, -0.2) is 43.6 Å². The summed E-state index contributed by atoms with van der Waals surface area (Å²) >= 11 is 0. The number of methoxy groups -OCH3 is 1. The SMILES string of the molecule is COC(=O)[C@]1(C)CN(C(=O)NC[C@@H](C)C#N)C[C@H]1C. The molecule has 6 heteroatoms. The van der Waals surface area contributed by atoms with Crippen LogP contribution in [0.15, 0.2) is 0 Å². The average Bonchev–Trinajstić information content (AvgIpc) is 2.71. The number of carbonyl (C=O) groups is 2. The molecular weight excluding hydrogens is 246 g/mol. The molecule has 0 unspecified atom stereocenters. The Kier molecular flexibility index (Phi) is 4.76. The summed E-state index contributed by atoms with van der Waals surface area (Å²) in [6, 6.07) is 1.82. The minimum absolute atomic E-state index is 0.0408. The largest absolute Gasteiger partial charge is 0.469 e. The van der Waals surface area contributed by atoms with Crippen molar-refractivity contribution in [2.24, 2.45) is 17.3 Å². The van der Waals surface area contributed by atoms with Crippen molar-refractivity contribution in [1.82, 2.24) is 10.2 Å². The molecule has 0 aromatic rings. The van der Waals surface area contributed by atoms with Crippen LogP contribution in [0.25, 0.3) is 0 Å². The average molecular weight is 267 g/mol. The van der Waals surface area contributed by atoms with Crippen LogP contribution >= 0.6 is 0 Å². The summed E-state index contributed by atoms with van der Waals surface area (Å²) in [4.78, 5) is 25.4. The Labute approximate surface area is 113 Å². The number of esters is 1. The Balaban J connectivity index is 2.62. The van der Waals surface area contributed by atoms with Gasteiger partial charge in [-0.2, -0.15) is 5.26 Å². The maximum atomic E-state index is 12.0. The predicted octanol–water partition coefficient (Wildman–Crippen LogP) is 0.987. The molecule has 6 nitrogen and oxygen atoms in total. The number of hydrogen-bond acceptors (Lipinski definition) is 4. The minimum atomic E-state index is -0.660. The van der Waals surface area contributed by atoms with Crippen LogP contribution in [0.2, 0.25) is 0 Å². The molecule has 1 rings (SSSR count). The normalized spacial score (nSPS) is 27.5. The molecule has 0 radical (unpaired) electrons. The first-order chi connectivity index (χ1) is 8.85. The Hall–Kier alpha value is -1.77. The molecule has 1 saturated heterocycles. The second-order valence-corrected chi connectivity index (χ2v) is 5.41. The highest BCUT2D eigenvalue weighted by Crippen LogP contribution is 2.36. The van der Waals surface area contributed by atoms with E-state index in [2.05, 4.69) is 11.4 Å². The molecule has 0 aromatic heterocycles. The Bertz CT molecular complexity index is 404. The first-order valence-corrected chi connectivity index (χ1v) is 6.36. The Morgan fingerprint density at radius 3 is 2.79 bits per heavy atom. The predicted molar refractivity (Wildman–Crippen MR) is 69.0 cm³/mol. The zero-order valence-electron chi connectivity index (χ0n) is 11.9. The number of nitrogens with one attached hydrogen (secondary N) is 1. The number of urea groups is 1. The second-order valence-electron chi connectivity index (χ2n) is 5.41. The van der Waals surface area contributed by atoms with Gasteiger partial charge in [-0.25, -0.2) is 4.79 Å². The molecule has 0 aromatic carbocycles. The molecule has 1 fully saturated rings. The van der Waals surface area contributed by atoms with Crippen molar-refractivity contribution in [2.45, 2.75) is 20.8 Å². The molecule has 1 heterocycles. The van der Waals surface area contributed by atoms with Gasteiger partial charge in [0.25, 0.3) is 0 Å². The summed E-state index contributed by atoms with van der Waals surface area (Å²) in [6.45, 7) is 6.66. The van der Waals surface area contributed by atoms with Gasteiger partial charge in [0, 0.05) is 19.6 Å². The van der Waals surface area contributed by atoms with Gasteiger partial charge in [-0.05, 0) is 19.8 Å². The summed E-state index contributed by atoms with van der Waals surface area (Å²) in [6.07, 6.45) is 0. The van der Waals surface area contributed by atoms with E-state index in [1.807, 2.05) is 13.8 Å². The number of carbonyl (C=O) groups excluding carboxylic acids is 2. The number of rotatable bonds is 3. The lowest BCUT2D eigenvalue weighted by Crippen LogP contribution is -2.42. The van der Waals surface area contributed by atoms with E-state index in [9.17, 15) is 9.59 Å². The highest BCUT2D eigenvalue weighted by molar-refractivity contribution is 5.81. The Morgan fingerprint density at radius 2 is 2.26 bits per heavy atom. The highest BCUT2D eigenvalue weighted by atomic mass is 16.5. The van der Waals surface area contributed by atoms with Crippen LogP contribution in [0.1, 0.15) is 20.8 Å². The fraction of sp³-hybridized carbons (Fsp3) is 0.769. The summed E-state index contributed by atoms with van der Waals surface area (Å²) in [7, 11) is 1.36. The molecule has 19 heavy (non-hydrogen) atoms. The fourth-order valence-corrected chi connectivity index (χ4v) is 2.20. The van der Waals surface area contributed by atoms with Crippen LogP contribution in [-0.2, 0) is 9.53 Å². The van der Waals surface area contributed by atoms with E-state index in [1.165, 1.54) is 7.11 Å². The number of hydrogen-bond donors (Lipinski definition) is 1. The lowest BCUT2D eigenvalue weighted by molar-refractivity contribution is -0.152. The molecule has 1 aliphatic heterocycles. The summed E-state index contributed by atoms with van der Waals surface area (Å²) in [5.74, 6) is -0.476. The number of amides is 2. The van der Waals surface area contributed by atoms with Crippen LogP contribution in [0, 0.1) is 28.6 Å². The molecule has 1 N–H and O–H groups in total. The third-order valence-electron chi connectivity index (χ3n) is 3.82. The maximum absolute atomic E-state index is 12.0. The lowest BCUT2D eigenvalue weighted by atomic mass is 9.81. The molecular formula is C13H21N3O3. The quantitative estimate of drug-likeness (QED) is 0.773. The van der Waals surface area contributed by atoms with Crippen LogP contribution in [0.3, 0.4) is 0 Å². The standard InChI is InChI=1S/C13H21N3O3/c1-9(5-14)6-15-12(18)16-7-10(2)13(3,8-16)11(17)19-4/h9-10H,6-8H2,1-4H3,(H,15,18)/t9-,10+,13+/m0/s1. The molecule has 1 aliphatic rings. The van der Waals surface area contributed by atoms with Gasteiger partial charge in [0.15, 0.2) is 0 Å². The topological polar surface area (TPSA) is 82.4 Å². The van der Waals surface area contributed by atoms with Crippen LogP contribution in [0.5, 0.6) is 0 Å². The first kappa shape index (κ1) is 15.3. The number of nitriles is 1. The number of ether oxygens (including phenoxy) is 1. The van der Waals surface area contributed by atoms with Gasteiger partial charge in [0.1, 0.15) is 0 Å². The molecule has 0 saturated carbocycles. The van der Waals surface area contributed by atoms with Crippen molar-refractivity contribution >= 4 is 12.0 Å². The third-order valence-corrected chi connectivity index (χ3v) is 3.82. The zero-order valence-corrected chi connectivity index (χ0v) is 11.9. The van der Waals surface area contributed by atoms with Gasteiger partial charge in [-0.3, -0.25) is 4.79 Å². The van der Waals surface area contributed by atoms with Crippen molar-refractivity contribution in [2.75, 3.05) is 26.7 Å². The first-order valence-electron chi connectivity index (χ1n) is 6.36. The van der Waals surface area contributed by atoms with Gasteiger partial charge in [-0.15, -0.1) is 0 Å². The molecule has 0 spiro atoms. The fourth-order valence-electron chi connectivity index (χ4n) is 2.20. The van der Waals surface area contributed by atoms with Crippen molar-refractivity contribution in [3.63, 3.8) is 0 Å². The Morgan fingerprint density at radius 1 is 1.63 bits per heavy atom. The van der Waals surface area contributed by atoms with Crippen molar-refractivity contribution < 1.29 is 14.3 Å². The smallest absolute Gasteiger partial charge is 0.317 e. The summed E-state index contributed by atoms with van der Waals surface area (Å²) < 4.78 is 4.81. The van der Waals surface area contributed by atoms with E-state index in [4.69, 9.17) is 10.00 Å². The summed E-state index contributed by atoms with van der Waals surface area (Å²) in [5.41, 5.74) is -0.660. The van der Waals surface area contributed by atoms with E-state index in [0.29, 0.717) is 19.6 Å². The highest BCUT2D eigenvalue weighted by Gasteiger charge is 2.48. The van der Waals surface area contributed by atoms with E-state index >= 15 is 0 Å². The molecule has 2 amide bonds. The van der Waals surface area contributed by atoms with E-state index in [0.717, 1.165) is 0 Å². The monoisotopic (exact) mass is 267 g/mol. The van der Waals surface area contributed by atoms with Crippen molar-refractivity contribution in [3.8, 4) is 6.07 Å². The maximum Gasteiger partial charge on any atom is 0.317 e. The third kappa shape index (κ3) is 3.16. The molecule has 0 aliphatic carbocycles. The molecule has 3 atom stereocenters. The molecule has 106 valence electrons. The van der Waals surface area contributed by atoms with Gasteiger partial charge in [0.05, 0.1) is 24.5 Å². The van der Waals surface area contributed by atoms with Crippen LogP contribution in [0.4, 0.5) is 4.79 Å². The minimum Gasteiger partial charge on any atom is -0.469 e. The van der Waals surface area contributed by atoms with E-state index in [-0.39, 0.29) is 23.8 Å². The van der Waals surface area contributed by atoms with Crippen LogP contribution < -0.4 is 5.32 Å². The van der Waals surface area contributed by atoms with Crippen molar-refractivity contribution in [3.05, 3.63) is 0 Å². The lowest BCUT2D eigenvalue weighted by Gasteiger charge is -2.24. The van der Waals surface area contributed by atoms with E-state index < -0.39 is 5.41 Å².